The Hall–Kier alpha value is -3.62. The second-order valence-corrected chi connectivity index (χ2v) is 8.27. The van der Waals surface area contributed by atoms with Crippen LogP contribution in [0.2, 0.25) is 0 Å². The molecule has 2 N–H and O–H groups in total. The molecule has 1 aromatic carbocycles. The van der Waals surface area contributed by atoms with Crippen LogP contribution in [0.1, 0.15) is 45.5 Å². The molecule has 2 fully saturated rings. The maximum atomic E-state index is 13.1. The second kappa shape index (κ2) is 6.97. The molecule has 31 heavy (non-hydrogen) atoms. The van der Waals surface area contributed by atoms with Crippen molar-refractivity contribution in [2.45, 2.75) is 31.8 Å². The first-order valence-corrected chi connectivity index (χ1v) is 10.2. The van der Waals surface area contributed by atoms with E-state index in [9.17, 15) is 28.8 Å². The number of fused-ring (bicyclic) bond motifs is 3. The van der Waals surface area contributed by atoms with Crippen molar-refractivity contribution in [2.24, 2.45) is 17.8 Å². The number of imide groups is 2. The summed E-state index contributed by atoms with van der Waals surface area (Å²) in [6.07, 6.45) is 4.23. The van der Waals surface area contributed by atoms with Gasteiger partial charge in [0.1, 0.15) is 11.8 Å². The number of benzene rings is 1. The molecular weight excluding hydrogens is 402 g/mol. The smallest absolute Gasteiger partial charge is 0.262 e. The van der Waals surface area contributed by atoms with Crippen LogP contribution in [0.3, 0.4) is 0 Å². The molecule has 5 amide bonds. The van der Waals surface area contributed by atoms with E-state index in [0.717, 1.165) is 4.90 Å². The van der Waals surface area contributed by atoms with Crippen LogP contribution in [0.4, 0.5) is 0 Å². The monoisotopic (exact) mass is 421 g/mol. The zero-order valence-electron chi connectivity index (χ0n) is 16.4. The van der Waals surface area contributed by atoms with E-state index in [0.29, 0.717) is 12.0 Å². The molecular formula is C22H19N3O6. The molecule has 1 aromatic rings. The molecule has 2 heterocycles. The van der Waals surface area contributed by atoms with Crippen molar-refractivity contribution in [1.29, 1.82) is 0 Å². The zero-order chi connectivity index (χ0) is 21.9. The summed E-state index contributed by atoms with van der Waals surface area (Å²) >= 11 is 0. The van der Waals surface area contributed by atoms with Crippen LogP contribution in [-0.2, 0) is 25.7 Å². The number of allylic oxidation sites excluding steroid dienone is 2. The first-order valence-electron chi connectivity index (χ1n) is 10.2. The number of amides is 5. The highest BCUT2D eigenvalue weighted by atomic mass is 16.2. The predicted octanol–water partition coefficient (Wildman–Crippen LogP) is 0.0952. The zero-order valence-corrected chi connectivity index (χ0v) is 16.4. The average Bonchev–Trinajstić information content (AvgIpc) is 3.35. The lowest BCUT2D eigenvalue weighted by Crippen LogP contribution is -2.54. The van der Waals surface area contributed by atoms with Gasteiger partial charge in [0.2, 0.25) is 17.7 Å². The van der Waals surface area contributed by atoms with Crippen LogP contribution in [0.5, 0.6) is 0 Å². The fourth-order valence-electron chi connectivity index (χ4n) is 4.95. The normalized spacial score (nSPS) is 28.9. The van der Waals surface area contributed by atoms with Gasteiger partial charge in [-0.1, -0.05) is 24.3 Å². The Labute approximate surface area is 176 Å². The van der Waals surface area contributed by atoms with Crippen molar-refractivity contribution >= 4 is 35.3 Å². The van der Waals surface area contributed by atoms with Crippen molar-refractivity contribution in [3.8, 4) is 0 Å². The van der Waals surface area contributed by atoms with E-state index in [1.54, 1.807) is 18.2 Å². The predicted molar refractivity (Wildman–Crippen MR) is 104 cm³/mol. The second-order valence-electron chi connectivity index (χ2n) is 8.27. The number of hydrogen-bond donors (Lipinski definition) is 2. The van der Waals surface area contributed by atoms with Crippen molar-refractivity contribution in [3.05, 3.63) is 47.0 Å². The molecule has 2 bridgehead atoms. The number of hydrogen-bond acceptors (Lipinski definition) is 6. The van der Waals surface area contributed by atoms with Crippen molar-refractivity contribution in [3.63, 3.8) is 0 Å². The van der Waals surface area contributed by atoms with Gasteiger partial charge in [-0.3, -0.25) is 39.0 Å². The fourth-order valence-corrected chi connectivity index (χ4v) is 4.95. The summed E-state index contributed by atoms with van der Waals surface area (Å²) in [4.78, 5) is 75.1. The molecule has 4 atom stereocenters. The van der Waals surface area contributed by atoms with Gasteiger partial charge >= 0.3 is 0 Å². The quantitative estimate of drug-likeness (QED) is 0.524. The van der Waals surface area contributed by atoms with Crippen molar-refractivity contribution < 1.29 is 28.8 Å². The third-order valence-corrected chi connectivity index (χ3v) is 6.53. The summed E-state index contributed by atoms with van der Waals surface area (Å²) in [6, 6.07) is 3.72. The van der Waals surface area contributed by atoms with Gasteiger partial charge in [-0.25, -0.2) is 0 Å². The molecule has 5 rings (SSSR count). The number of Topliss-reactive ketones (excluding diaryl/α,β-unsaturated/α-hetero) is 1. The third-order valence-electron chi connectivity index (χ3n) is 6.53. The Morgan fingerprint density at radius 2 is 1.90 bits per heavy atom. The summed E-state index contributed by atoms with van der Waals surface area (Å²) < 4.78 is 0. The Morgan fingerprint density at radius 1 is 1.10 bits per heavy atom. The molecule has 9 heteroatoms. The van der Waals surface area contributed by atoms with Gasteiger partial charge in [-0.2, -0.15) is 0 Å². The van der Waals surface area contributed by atoms with Crippen LogP contribution in [0.15, 0.2) is 30.4 Å². The first-order chi connectivity index (χ1) is 14.9. The lowest BCUT2D eigenvalue weighted by Gasteiger charge is -2.27. The minimum Gasteiger partial charge on any atom is -0.352 e. The molecule has 0 aromatic heterocycles. The van der Waals surface area contributed by atoms with Gasteiger partial charge in [0.15, 0.2) is 0 Å². The van der Waals surface area contributed by atoms with Gasteiger partial charge in [0.25, 0.3) is 11.8 Å². The summed E-state index contributed by atoms with van der Waals surface area (Å²) in [6.45, 7) is 0.0238. The number of rotatable bonds is 4. The summed E-state index contributed by atoms with van der Waals surface area (Å²) in [5.74, 6) is -3.51. The van der Waals surface area contributed by atoms with E-state index >= 15 is 0 Å². The molecule has 9 nitrogen and oxygen atoms in total. The Kier molecular flexibility index (Phi) is 4.35. The SMILES string of the molecule is O=C1CCC(N2C(=O)c3cccc(CNC(=O)C4CC5C=CC4C5=O)c3C2=O)C(=O)N1. The molecule has 4 aliphatic rings. The third kappa shape index (κ3) is 2.91. The van der Waals surface area contributed by atoms with E-state index in [4.69, 9.17) is 0 Å². The van der Waals surface area contributed by atoms with Crippen molar-refractivity contribution in [2.75, 3.05) is 0 Å². The fraction of sp³-hybridized carbons (Fsp3) is 0.364. The number of carbonyl (C=O) groups excluding carboxylic acids is 6. The largest absolute Gasteiger partial charge is 0.352 e. The number of carbonyl (C=O) groups is 6. The molecule has 2 aliphatic carbocycles. The number of piperidine rings is 1. The summed E-state index contributed by atoms with van der Waals surface area (Å²) in [7, 11) is 0. The number of nitrogens with one attached hydrogen (secondary N) is 2. The van der Waals surface area contributed by atoms with Gasteiger partial charge in [0, 0.05) is 24.8 Å². The van der Waals surface area contributed by atoms with Gasteiger partial charge in [-0.05, 0) is 24.5 Å². The van der Waals surface area contributed by atoms with Gasteiger partial charge in [0.05, 0.1) is 17.0 Å². The molecule has 2 aliphatic heterocycles. The summed E-state index contributed by atoms with van der Waals surface area (Å²) in [5, 5.41) is 4.95. The topological polar surface area (TPSA) is 130 Å². The van der Waals surface area contributed by atoms with E-state index in [1.807, 2.05) is 6.08 Å². The van der Waals surface area contributed by atoms with Crippen LogP contribution in [0.25, 0.3) is 0 Å². The van der Waals surface area contributed by atoms with Gasteiger partial charge in [-0.15, -0.1) is 0 Å². The lowest BCUT2D eigenvalue weighted by molar-refractivity contribution is -0.136. The van der Waals surface area contributed by atoms with E-state index < -0.39 is 41.5 Å². The molecule has 1 saturated heterocycles. The highest BCUT2D eigenvalue weighted by molar-refractivity contribution is 6.24. The van der Waals surface area contributed by atoms with E-state index in [2.05, 4.69) is 10.6 Å². The minimum atomic E-state index is -1.04. The molecule has 4 unspecified atom stereocenters. The van der Waals surface area contributed by atoms with Crippen LogP contribution in [0, 0.1) is 17.8 Å². The number of nitrogens with zero attached hydrogens (tertiary/aromatic N) is 1. The first kappa shape index (κ1) is 19.3. The Balaban J connectivity index is 1.34. The Morgan fingerprint density at radius 3 is 2.58 bits per heavy atom. The average molecular weight is 421 g/mol. The molecule has 158 valence electrons. The van der Waals surface area contributed by atoms with Crippen LogP contribution in [-0.4, -0.2) is 46.3 Å². The maximum absolute atomic E-state index is 13.1. The summed E-state index contributed by atoms with van der Waals surface area (Å²) in [5.41, 5.74) is 0.782. The minimum absolute atomic E-state index is 0.0238. The highest BCUT2D eigenvalue weighted by Gasteiger charge is 2.47. The Bertz CT molecular complexity index is 1110. The van der Waals surface area contributed by atoms with Gasteiger partial charge < -0.3 is 5.32 Å². The lowest BCUT2D eigenvalue weighted by atomic mass is 9.92. The van der Waals surface area contributed by atoms with Crippen LogP contribution >= 0.6 is 0 Å². The number of ketones is 1. The molecule has 0 spiro atoms. The molecule has 0 radical (unpaired) electrons. The highest BCUT2D eigenvalue weighted by Crippen LogP contribution is 2.40. The van der Waals surface area contributed by atoms with Crippen LogP contribution < -0.4 is 10.6 Å². The standard InChI is InChI=1S/C22H19N3O6/c26-16-7-6-15(20(29)24-16)25-21(30)13-3-1-2-11(17(13)22(25)31)9-23-19(28)14-8-10-4-5-12(14)18(10)27/h1-5,10,12,14-15H,6-9H2,(H,23,28)(H,24,26,29). The van der Waals surface area contributed by atoms with E-state index in [1.165, 1.54) is 6.07 Å². The molecule has 1 saturated carbocycles. The van der Waals surface area contributed by atoms with E-state index in [-0.39, 0.29) is 48.1 Å². The van der Waals surface area contributed by atoms with Crippen molar-refractivity contribution in [1.82, 2.24) is 15.5 Å². The maximum Gasteiger partial charge on any atom is 0.262 e.